The lowest BCUT2D eigenvalue weighted by atomic mass is 10.5. The molecule has 1 rings (SSSR count). The molecule has 0 bridgehead atoms. The van der Waals surface area contributed by atoms with Crippen LogP contribution in [-0.2, 0) is 13.6 Å². The molecule has 0 aliphatic carbocycles. The summed E-state index contributed by atoms with van der Waals surface area (Å²) in [6, 6.07) is 0.789. The Hall–Kier alpha value is -0.176. The number of amides is 1. The van der Waals surface area contributed by atoms with Gasteiger partial charge in [0.1, 0.15) is 8.24 Å². The van der Waals surface area contributed by atoms with Crippen LogP contribution >= 0.6 is 0 Å². The first-order valence-electron chi connectivity index (χ1n) is 5.98. The quantitative estimate of drug-likeness (QED) is 0.711. The first-order chi connectivity index (χ1) is 7.37. The Labute approximate surface area is 100 Å². The van der Waals surface area contributed by atoms with Crippen molar-refractivity contribution in [3.8, 4) is 0 Å². The van der Waals surface area contributed by atoms with E-state index in [2.05, 4.69) is 19.6 Å². The number of nitrogens with zero attached hydrogens (tertiary/aromatic N) is 1. The van der Waals surface area contributed by atoms with Crippen LogP contribution in [0.3, 0.4) is 0 Å². The monoisotopic (exact) mass is 261 g/mol. The minimum absolute atomic E-state index is 0.229. The predicted molar refractivity (Wildman–Crippen MR) is 68.6 cm³/mol. The van der Waals surface area contributed by atoms with Crippen LogP contribution in [0, 0.1) is 0 Å². The Kier molecular flexibility index (Phi) is 4.33. The van der Waals surface area contributed by atoms with Crippen molar-refractivity contribution in [2.75, 3.05) is 13.2 Å². The Morgan fingerprint density at radius 3 is 2.12 bits per heavy atom. The molecule has 1 amide bonds. The molecule has 0 saturated carbocycles. The molecule has 0 aromatic rings. The summed E-state index contributed by atoms with van der Waals surface area (Å²) in [6.07, 6.45) is 0.594. The summed E-state index contributed by atoms with van der Waals surface area (Å²) in [5.74, 6) is 0.229. The van der Waals surface area contributed by atoms with Crippen molar-refractivity contribution >= 4 is 22.9 Å². The van der Waals surface area contributed by atoms with E-state index in [-0.39, 0.29) is 5.91 Å². The maximum absolute atomic E-state index is 12.0. The maximum atomic E-state index is 12.0. The van der Waals surface area contributed by atoms with E-state index < -0.39 is 17.0 Å². The molecule has 0 unspecified atom stereocenters. The van der Waals surface area contributed by atoms with Gasteiger partial charge in [-0.15, -0.1) is 0 Å². The third kappa shape index (κ3) is 2.56. The minimum Gasteiger partial charge on any atom is -0.379 e. The molecular formula is C10H23NO3Si2. The SMILES string of the molecule is CCO[Si]1(OCC)CCC(=O)N1[Si](C)(C)C. The molecule has 0 radical (unpaired) electrons. The van der Waals surface area contributed by atoms with Gasteiger partial charge < -0.3 is 13.1 Å². The standard InChI is InChI=1S/C10H23NO3Si2/c1-6-13-16(14-7-2)9-8-10(12)11(16)15(3,4)5/h6-9H2,1-5H3. The van der Waals surface area contributed by atoms with Gasteiger partial charge in [-0.1, -0.05) is 19.6 Å². The third-order valence-corrected chi connectivity index (χ3v) is 10.6. The van der Waals surface area contributed by atoms with E-state index in [9.17, 15) is 4.79 Å². The zero-order chi connectivity index (χ0) is 12.4. The van der Waals surface area contributed by atoms with Gasteiger partial charge in [0.15, 0.2) is 0 Å². The number of hydrogen-bond acceptors (Lipinski definition) is 3. The van der Waals surface area contributed by atoms with Crippen LogP contribution in [0.25, 0.3) is 0 Å². The van der Waals surface area contributed by atoms with E-state index in [4.69, 9.17) is 8.85 Å². The number of rotatable bonds is 5. The highest BCUT2D eigenvalue weighted by Gasteiger charge is 2.56. The average Bonchev–Trinajstić information content (AvgIpc) is 2.43. The van der Waals surface area contributed by atoms with Crippen molar-refractivity contribution in [2.24, 2.45) is 0 Å². The van der Waals surface area contributed by atoms with E-state index in [1.54, 1.807) is 0 Å². The first-order valence-corrected chi connectivity index (χ1v) is 11.4. The fourth-order valence-electron chi connectivity index (χ4n) is 2.33. The van der Waals surface area contributed by atoms with E-state index in [1.807, 2.05) is 18.1 Å². The van der Waals surface area contributed by atoms with Gasteiger partial charge in [0.25, 0.3) is 0 Å². The van der Waals surface area contributed by atoms with Crippen LogP contribution in [0.2, 0.25) is 25.7 Å². The number of carbonyl (C=O) groups is 1. The van der Waals surface area contributed by atoms with Crippen molar-refractivity contribution in [1.82, 2.24) is 4.23 Å². The van der Waals surface area contributed by atoms with Crippen molar-refractivity contribution in [3.63, 3.8) is 0 Å². The van der Waals surface area contributed by atoms with Crippen molar-refractivity contribution in [3.05, 3.63) is 0 Å². The van der Waals surface area contributed by atoms with Crippen LogP contribution in [0.15, 0.2) is 0 Å². The van der Waals surface area contributed by atoms with Gasteiger partial charge in [0.05, 0.1) is 0 Å². The molecule has 1 heterocycles. The highest BCUT2D eigenvalue weighted by atomic mass is 28.4. The molecule has 4 nitrogen and oxygen atoms in total. The summed E-state index contributed by atoms with van der Waals surface area (Å²) in [5, 5.41) is 0. The van der Waals surface area contributed by atoms with Gasteiger partial charge in [-0.05, 0) is 13.8 Å². The summed E-state index contributed by atoms with van der Waals surface area (Å²) in [4.78, 5) is 12.0. The topological polar surface area (TPSA) is 38.8 Å². The zero-order valence-electron chi connectivity index (χ0n) is 11.0. The van der Waals surface area contributed by atoms with Gasteiger partial charge >= 0.3 is 8.72 Å². The summed E-state index contributed by atoms with van der Waals surface area (Å²) in [7, 11) is -4.12. The molecule has 0 spiro atoms. The minimum atomic E-state index is -2.41. The zero-order valence-corrected chi connectivity index (χ0v) is 13.0. The Morgan fingerprint density at radius 1 is 1.25 bits per heavy atom. The molecule has 16 heavy (non-hydrogen) atoms. The molecule has 0 N–H and O–H groups in total. The van der Waals surface area contributed by atoms with E-state index in [0.29, 0.717) is 19.6 Å². The highest BCUT2D eigenvalue weighted by molar-refractivity contribution is 6.90. The smallest absolute Gasteiger partial charge is 0.379 e. The Bertz CT molecular complexity index is 259. The second kappa shape index (κ2) is 4.99. The van der Waals surface area contributed by atoms with Crippen LogP contribution in [0.1, 0.15) is 20.3 Å². The van der Waals surface area contributed by atoms with Crippen LogP contribution < -0.4 is 0 Å². The molecule has 0 aromatic heterocycles. The lowest BCUT2D eigenvalue weighted by Gasteiger charge is -2.41. The van der Waals surface area contributed by atoms with Crippen LogP contribution in [0.5, 0.6) is 0 Å². The average molecular weight is 261 g/mol. The lowest BCUT2D eigenvalue weighted by molar-refractivity contribution is -0.123. The van der Waals surface area contributed by atoms with Gasteiger partial charge in [-0.3, -0.25) is 4.79 Å². The fourth-order valence-corrected chi connectivity index (χ4v) is 10.8. The second-order valence-corrected chi connectivity index (χ2v) is 13.2. The number of carbonyl (C=O) groups excluding carboxylic acids is 1. The second-order valence-electron chi connectivity index (χ2n) is 4.98. The Balaban J connectivity index is 3.01. The predicted octanol–water partition coefficient (Wildman–Crippen LogP) is 2.07. The summed E-state index contributed by atoms with van der Waals surface area (Å²) >= 11 is 0. The normalized spacial score (nSPS) is 20.6. The van der Waals surface area contributed by atoms with E-state index in [1.165, 1.54) is 0 Å². The number of hydrogen-bond donors (Lipinski definition) is 0. The Morgan fingerprint density at radius 2 is 1.75 bits per heavy atom. The fraction of sp³-hybridized carbons (Fsp3) is 0.900. The van der Waals surface area contributed by atoms with Crippen LogP contribution in [-0.4, -0.2) is 40.3 Å². The van der Waals surface area contributed by atoms with Gasteiger partial charge in [0.2, 0.25) is 5.91 Å². The highest BCUT2D eigenvalue weighted by Crippen LogP contribution is 2.33. The third-order valence-electron chi connectivity index (χ3n) is 2.66. The molecule has 1 aliphatic rings. The first kappa shape index (κ1) is 13.9. The van der Waals surface area contributed by atoms with E-state index in [0.717, 1.165) is 6.04 Å². The van der Waals surface area contributed by atoms with Gasteiger partial charge in [0, 0.05) is 25.7 Å². The van der Waals surface area contributed by atoms with Crippen LogP contribution in [0.4, 0.5) is 0 Å². The van der Waals surface area contributed by atoms with Crippen molar-refractivity contribution in [2.45, 2.75) is 46.0 Å². The molecule has 0 atom stereocenters. The van der Waals surface area contributed by atoms with Gasteiger partial charge in [-0.25, -0.2) is 0 Å². The summed E-state index contributed by atoms with van der Waals surface area (Å²) in [5.41, 5.74) is 0. The molecular weight excluding hydrogens is 238 g/mol. The molecule has 1 aliphatic heterocycles. The molecule has 1 saturated heterocycles. The summed E-state index contributed by atoms with van der Waals surface area (Å²) < 4.78 is 13.8. The molecule has 0 aromatic carbocycles. The van der Waals surface area contributed by atoms with Crippen molar-refractivity contribution < 1.29 is 13.6 Å². The van der Waals surface area contributed by atoms with E-state index >= 15 is 0 Å². The molecule has 94 valence electrons. The largest absolute Gasteiger partial charge is 0.453 e. The lowest BCUT2D eigenvalue weighted by Crippen LogP contribution is -2.64. The molecule has 6 heteroatoms. The van der Waals surface area contributed by atoms with Crippen molar-refractivity contribution in [1.29, 1.82) is 0 Å². The van der Waals surface area contributed by atoms with Gasteiger partial charge in [-0.2, -0.15) is 0 Å². The summed E-state index contributed by atoms with van der Waals surface area (Å²) in [6.45, 7) is 11.7. The maximum Gasteiger partial charge on any atom is 0.453 e. The molecule has 1 fully saturated rings.